The predicted molar refractivity (Wildman–Crippen MR) is 205 cm³/mol. The molecule has 0 saturated carbocycles. The van der Waals surface area contributed by atoms with Gasteiger partial charge in [0.25, 0.3) is 5.91 Å². The van der Waals surface area contributed by atoms with Crippen molar-refractivity contribution in [2.45, 2.75) is 95.7 Å². The summed E-state index contributed by atoms with van der Waals surface area (Å²) >= 11 is 0. The number of nitrogens with zero attached hydrogens (tertiary/aromatic N) is 4. The number of aliphatic hydroxyl groups excluding tert-OH is 1. The summed E-state index contributed by atoms with van der Waals surface area (Å²) in [6.45, 7) is 17.0. The van der Waals surface area contributed by atoms with Crippen LogP contribution in [0.1, 0.15) is 71.5 Å². The molecule has 3 aliphatic rings. The van der Waals surface area contributed by atoms with Crippen molar-refractivity contribution in [2.75, 3.05) is 43.1 Å². The van der Waals surface area contributed by atoms with Crippen molar-refractivity contribution >= 4 is 35.1 Å². The highest BCUT2D eigenvalue weighted by molar-refractivity contribution is 6.05. The summed E-state index contributed by atoms with van der Waals surface area (Å²) in [4.78, 5) is 64.2. The summed E-state index contributed by atoms with van der Waals surface area (Å²) in [5.74, 6) is -3.44. The Morgan fingerprint density at radius 3 is 2.28 bits per heavy atom. The maximum Gasteiger partial charge on any atom is 0.313 e. The zero-order valence-electron chi connectivity index (χ0n) is 31.9. The molecule has 53 heavy (non-hydrogen) atoms. The maximum absolute atomic E-state index is 15.0. The van der Waals surface area contributed by atoms with Gasteiger partial charge < -0.3 is 34.2 Å². The van der Waals surface area contributed by atoms with E-state index in [-0.39, 0.29) is 31.4 Å². The van der Waals surface area contributed by atoms with E-state index in [1.54, 1.807) is 29.0 Å². The molecule has 2 aromatic rings. The first-order valence-corrected chi connectivity index (χ1v) is 19.0. The van der Waals surface area contributed by atoms with Crippen molar-refractivity contribution in [2.24, 2.45) is 11.8 Å². The van der Waals surface area contributed by atoms with Gasteiger partial charge in [-0.1, -0.05) is 49.4 Å². The van der Waals surface area contributed by atoms with Crippen molar-refractivity contribution in [1.82, 2.24) is 9.80 Å². The van der Waals surface area contributed by atoms with E-state index >= 15 is 0 Å². The molecule has 0 unspecified atom stereocenters. The van der Waals surface area contributed by atoms with Crippen LogP contribution in [0.4, 0.5) is 11.4 Å². The van der Waals surface area contributed by atoms with E-state index in [0.717, 1.165) is 18.8 Å². The molecule has 286 valence electrons. The fourth-order valence-corrected chi connectivity index (χ4v) is 8.60. The van der Waals surface area contributed by atoms with Crippen LogP contribution in [0.3, 0.4) is 0 Å². The molecule has 2 aromatic carbocycles. The van der Waals surface area contributed by atoms with E-state index in [9.17, 15) is 24.3 Å². The number of hydrogen-bond donors (Lipinski definition) is 1. The van der Waals surface area contributed by atoms with Gasteiger partial charge in [-0.3, -0.25) is 19.2 Å². The molecule has 3 saturated heterocycles. The Hall–Kier alpha value is -4.48. The normalized spacial score (nSPS) is 24.6. The smallest absolute Gasteiger partial charge is 0.313 e. The van der Waals surface area contributed by atoms with Gasteiger partial charge in [0, 0.05) is 44.5 Å². The first-order valence-electron chi connectivity index (χ1n) is 19.0. The number of carbonyl (C=O) groups excluding carboxylic acids is 4. The Labute approximate surface area is 314 Å². The van der Waals surface area contributed by atoms with Gasteiger partial charge in [-0.15, -0.1) is 13.2 Å². The van der Waals surface area contributed by atoms with Gasteiger partial charge >= 0.3 is 5.97 Å². The lowest BCUT2D eigenvalue weighted by molar-refractivity contribution is -0.165. The van der Waals surface area contributed by atoms with Crippen molar-refractivity contribution in [3.63, 3.8) is 0 Å². The molecule has 3 heterocycles. The zero-order valence-corrected chi connectivity index (χ0v) is 31.9. The van der Waals surface area contributed by atoms with Crippen LogP contribution < -0.4 is 9.80 Å². The van der Waals surface area contributed by atoms with E-state index in [4.69, 9.17) is 9.47 Å². The minimum atomic E-state index is -1.29. The second kappa shape index (κ2) is 17.1. The van der Waals surface area contributed by atoms with Gasteiger partial charge in [0.15, 0.2) is 0 Å². The van der Waals surface area contributed by atoms with Crippen LogP contribution >= 0.6 is 0 Å². The van der Waals surface area contributed by atoms with Crippen LogP contribution in [-0.2, 0) is 28.7 Å². The number of likely N-dealkylation sites (tertiary alicyclic amines) is 1. The highest BCUT2D eigenvalue weighted by Gasteiger charge is 2.75. The number of rotatable bonds is 18. The average molecular weight is 729 g/mol. The maximum atomic E-state index is 15.0. The first-order chi connectivity index (χ1) is 25.5. The largest absolute Gasteiger partial charge is 0.455 e. The molecule has 3 aliphatic heterocycles. The fraction of sp³-hybridized carbons (Fsp3) is 0.524. The summed E-state index contributed by atoms with van der Waals surface area (Å²) in [7, 11) is 1.69. The third kappa shape index (κ3) is 7.38. The van der Waals surface area contributed by atoms with Crippen LogP contribution in [0.5, 0.6) is 0 Å². The van der Waals surface area contributed by atoms with Crippen molar-refractivity contribution in [1.29, 1.82) is 0 Å². The van der Waals surface area contributed by atoms with E-state index in [0.29, 0.717) is 36.9 Å². The van der Waals surface area contributed by atoms with E-state index in [1.165, 1.54) is 4.90 Å². The van der Waals surface area contributed by atoms with Crippen LogP contribution in [0.25, 0.3) is 0 Å². The van der Waals surface area contributed by atoms with Gasteiger partial charge in [-0.2, -0.15) is 0 Å². The molecule has 5 rings (SSSR count). The fourth-order valence-electron chi connectivity index (χ4n) is 8.60. The van der Waals surface area contributed by atoms with Crippen LogP contribution in [0, 0.1) is 11.8 Å². The topological polar surface area (TPSA) is 120 Å². The lowest BCUT2D eigenvalue weighted by Crippen LogP contribution is -2.59. The number of carbonyl (C=O) groups is 4. The number of amides is 3. The summed E-state index contributed by atoms with van der Waals surface area (Å²) < 4.78 is 13.1. The Bertz CT molecular complexity index is 1630. The third-order valence-electron chi connectivity index (χ3n) is 11.6. The number of ether oxygens (including phenoxy) is 2. The molecule has 1 spiro atoms. The Kier molecular flexibility index (Phi) is 12.8. The number of likely N-dealkylation sites (N-methyl/N-ethyl adjacent to an activating group) is 1. The van der Waals surface area contributed by atoms with Crippen molar-refractivity contribution in [3.8, 4) is 0 Å². The highest BCUT2D eigenvalue weighted by atomic mass is 16.6. The molecule has 2 bridgehead atoms. The lowest BCUT2D eigenvalue weighted by atomic mass is 9.70. The molecule has 8 atom stereocenters. The van der Waals surface area contributed by atoms with Crippen LogP contribution in [0.15, 0.2) is 79.9 Å². The number of fused-ring (bicyclic) bond motifs is 1. The van der Waals surface area contributed by atoms with Gasteiger partial charge in [0.05, 0.1) is 36.6 Å². The lowest BCUT2D eigenvalue weighted by Gasteiger charge is -2.39. The number of benzene rings is 2. The molecule has 1 N–H and O–H groups in total. The third-order valence-corrected chi connectivity index (χ3v) is 11.6. The summed E-state index contributed by atoms with van der Waals surface area (Å²) in [5, 5.41) is 10.5. The van der Waals surface area contributed by atoms with E-state index < -0.39 is 59.6 Å². The standard InChI is InChI=1S/C42H56N4O7/c1-8-13-19-34(48)43(7)28(6)37(29-17-15-14-16-18-29)52-41(51)35-33-24-25-42(53-33)36(35)39(49)46(30(10-3)27-47)38(42)40(50)45(26-9-2)32-22-20-31(21-23-32)44(11-4)12-5/h8-9,14-18,20-23,28,30,33,35-38,47H,1-2,10-13,19,24-27H2,3-7H3/t28-,30-,33-,35+,36+,37+,38-,42+/m0/s1. The Morgan fingerprint density at radius 2 is 1.70 bits per heavy atom. The summed E-state index contributed by atoms with van der Waals surface area (Å²) in [5.41, 5.74) is 1.09. The molecular weight excluding hydrogens is 672 g/mol. The highest BCUT2D eigenvalue weighted by Crippen LogP contribution is 2.59. The van der Waals surface area contributed by atoms with Gasteiger partial charge in [-0.05, 0) is 76.3 Å². The monoisotopic (exact) mass is 728 g/mol. The molecule has 3 amide bonds. The minimum Gasteiger partial charge on any atom is -0.455 e. The number of anilines is 2. The summed E-state index contributed by atoms with van der Waals surface area (Å²) in [6.07, 6.45) is 3.92. The predicted octanol–water partition coefficient (Wildman–Crippen LogP) is 5.29. The number of hydrogen-bond acceptors (Lipinski definition) is 8. The quantitative estimate of drug-likeness (QED) is 0.163. The number of esters is 1. The minimum absolute atomic E-state index is 0.110. The second-order valence-electron chi connectivity index (χ2n) is 14.3. The Morgan fingerprint density at radius 1 is 1.04 bits per heavy atom. The van der Waals surface area contributed by atoms with E-state index in [2.05, 4.69) is 31.9 Å². The number of allylic oxidation sites excluding steroid dienone is 1. The second-order valence-corrected chi connectivity index (χ2v) is 14.3. The molecule has 11 nitrogen and oxygen atoms in total. The van der Waals surface area contributed by atoms with Gasteiger partial charge in [-0.25, -0.2) is 0 Å². The first kappa shape index (κ1) is 39.7. The molecular formula is C42H56N4O7. The molecule has 0 radical (unpaired) electrons. The van der Waals surface area contributed by atoms with Crippen molar-refractivity contribution in [3.05, 3.63) is 85.5 Å². The zero-order chi connectivity index (χ0) is 38.4. The SMILES string of the molecule is C=CCCC(=O)N(C)[C@@H](C)[C@@H](OC(=O)[C@@H]1[C@@H]2CC[C@]3(O2)[C@H](C(=O)N(CC=C)c2ccc(N(CC)CC)cc2)N([C@@H](CC)CO)C(=O)[C@@H]13)c1ccccc1. The van der Waals surface area contributed by atoms with Crippen LogP contribution in [0.2, 0.25) is 0 Å². The molecule has 3 fully saturated rings. The molecule has 0 aliphatic carbocycles. The summed E-state index contributed by atoms with van der Waals surface area (Å²) in [6, 6.07) is 14.7. The molecule has 0 aromatic heterocycles. The van der Waals surface area contributed by atoms with Crippen LogP contribution in [-0.4, -0.2) is 102 Å². The average Bonchev–Trinajstić information content (AvgIpc) is 3.83. The number of aliphatic hydroxyl groups is 1. The molecule has 11 heteroatoms. The van der Waals surface area contributed by atoms with Gasteiger partial charge in [0.2, 0.25) is 11.8 Å². The Balaban J connectivity index is 1.50. The van der Waals surface area contributed by atoms with E-state index in [1.807, 2.05) is 68.4 Å². The van der Waals surface area contributed by atoms with Gasteiger partial charge in [0.1, 0.15) is 17.7 Å². The van der Waals surface area contributed by atoms with Crippen molar-refractivity contribution < 1.29 is 33.8 Å².